The first kappa shape index (κ1) is 15.4. The van der Waals surface area contributed by atoms with E-state index < -0.39 is 23.3 Å². The zero-order chi connectivity index (χ0) is 14.8. The van der Waals surface area contributed by atoms with Gasteiger partial charge in [0.05, 0.1) is 5.54 Å². The minimum atomic E-state index is -1.01. The van der Waals surface area contributed by atoms with Crippen molar-refractivity contribution >= 4 is 0 Å². The Morgan fingerprint density at radius 2 is 1.70 bits per heavy atom. The summed E-state index contributed by atoms with van der Waals surface area (Å²) in [7, 11) is 3.82. The van der Waals surface area contributed by atoms with Crippen LogP contribution in [-0.4, -0.2) is 29.6 Å². The SMILES string of the molecule is CN(C)C1(C(O)c2cccc(F)c2F)CCCCCC1. The van der Waals surface area contributed by atoms with Gasteiger partial charge in [-0.1, -0.05) is 37.8 Å². The third-order valence-electron chi connectivity index (χ3n) is 4.65. The molecule has 2 rings (SSSR count). The van der Waals surface area contributed by atoms with Gasteiger partial charge in [-0.05, 0) is 33.0 Å². The summed E-state index contributed by atoms with van der Waals surface area (Å²) >= 11 is 0. The van der Waals surface area contributed by atoms with Crippen molar-refractivity contribution in [3.63, 3.8) is 0 Å². The minimum Gasteiger partial charge on any atom is -0.386 e. The van der Waals surface area contributed by atoms with Gasteiger partial charge in [-0.25, -0.2) is 8.78 Å². The third-order valence-corrected chi connectivity index (χ3v) is 4.65. The van der Waals surface area contributed by atoms with Crippen molar-refractivity contribution in [2.75, 3.05) is 14.1 Å². The molecule has 0 saturated heterocycles. The van der Waals surface area contributed by atoms with Crippen LogP contribution in [0.2, 0.25) is 0 Å². The summed E-state index contributed by atoms with van der Waals surface area (Å²) < 4.78 is 27.4. The molecule has 1 atom stereocenters. The van der Waals surface area contributed by atoms with Crippen LogP contribution in [0.3, 0.4) is 0 Å². The molecular formula is C16H23F2NO. The van der Waals surface area contributed by atoms with Crippen molar-refractivity contribution < 1.29 is 13.9 Å². The van der Waals surface area contributed by atoms with Gasteiger partial charge in [-0.2, -0.15) is 0 Å². The number of hydrogen-bond acceptors (Lipinski definition) is 2. The van der Waals surface area contributed by atoms with Crippen LogP contribution in [0.25, 0.3) is 0 Å². The largest absolute Gasteiger partial charge is 0.386 e. The second-order valence-corrected chi connectivity index (χ2v) is 5.96. The molecule has 20 heavy (non-hydrogen) atoms. The highest BCUT2D eigenvalue weighted by molar-refractivity contribution is 5.25. The first-order chi connectivity index (χ1) is 9.49. The van der Waals surface area contributed by atoms with E-state index in [2.05, 4.69) is 0 Å². The molecule has 0 aliphatic heterocycles. The lowest BCUT2D eigenvalue weighted by molar-refractivity contribution is -0.0220. The molecule has 1 aromatic rings. The van der Waals surface area contributed by atoms with Crippen molar-refractivity contribution in [1.29, 1.82) is 0 Å². The van der Waals surface area contributed by atoms with Crippen LogP contribution in [0.4, 0.5) is 8.78 Å². The van der Waals surface area contributed by atoms with E-state index >= 15 is 0 Å². The van der Waals surface area contributed by atoms with E-state index in [9.17, 15) is 13.9 Å². The summed E-state index contributed by atoms with van der Waals surface area (Å²) in [5, 5.41) is 10.7. The van der Waals surface area contributed by atoms with Crippen molar-refractivity contribution in [3.8, 4) is 0 Å². The minimum absolute atomic E-state index is 0.0700. The zero-order valence-corrected chi connectivity index (χ0v) is 12.2. The Morgan fingerprint density at radius 1 is 1.10 bits per heavy atom. The highest BCUT2D eigenvalue weighted by Crippen LogP contribution is 2.41. The zero-order valence-electron chi connectivity index (χ0n) is 12.2. The molecular weight excluding hydrogens is 260 g/mol. The first-order valence-electron chi connectivity index (χ1n) is 7.28. The van der Waals surface area contributed by atoms with Gasteiger partial charge in [0.1, 0.15) is 6.10 Å². The Kier molecular flexibility index (Phi) is 4.76. The Morgan fingerprint density at radius 3 is 2.25 bits per heavy atom. The number of hydrogen-bond donors (Lipinski definition) is 1. The average molecular weight is 283 g/mol. The Hall–Kier alpha value is -1.00. The molecule has 2 nitrogen and oxygen atoms in total. The fourth-order valence-corrected chi connectivity index (χ4v) is 3.33. The van der Waals surface area contributed by atoms with E-state index in [4.69, 9.17) is 0 Å². The molecule has 1 aromatic carbocycles. The molecule has 1 unspecified atom stereocenters. The van der Waals surface area contributed by atoms with E-state index in [1.165, 1.54) is 12.1 Å². The maximum atomic E-state index is 14.0. The van der Waals surface area contributed by atoms with Crippen LogP contribution in [0.1, 0.15) is 50.2 Å². The van der Waals surface area contributed by atoms with Crippen molar-refractivity contribution in [2.45, 2.75) is 50.2 Å². The second-order valence-electron chi connectivity index (χ2n) is 5.96. The predicted molar refractivity (Wildman–Crippen MR) is 75.4 cm³/mol. The molecule has 0 amide bonds. The molecule has 1 aliphatic carbocycles. The normalized spacial score (nSPS) is 20.7. The highest BCUT2D eigenvalue weighted by Gasteiger charge is 2.42. The number of rotatable bonds is 3. The lowest BCUT2D eigenvalue weighted by atomic mass is 9.80. The van der Waals surface area contributed by atoms with Gasteiger partial charge in [-0.15, -0.1) is 0 Å². The van der Waals surface area contributed by atoms with Crippen molar-refractivity contribution in [2.24, 2.45) is 0 Å². The standard InChI is InChI=1S/C16H23F2NO/c1-19(2)16(10-5-3-4-6-11-16)15(20)12-8-7-9-13(17)14(12)18/h7-9,15,20H,3-6,10-11H2,1-2H3. The molecule has 0 heterocycles. The van der Waals surface area contributed by atoms with Gasteiger partial charge in [0, 0.05) is 5.56 Å². The molecule has 0 aromatic heterocycles. The van der Waals surface area contributed by atoms with E-state index in [1.54, 1.807) is 0 Å². The van der Waals surface area contributed by atoms with E-state index in [0.29, 0.717) is 0 Å². The van der Waals surface area contributed by atoms with E-state index in [0.717, 1.165) is 44.6 Å². The maximum Gasteiger partial charge on any atom is 0.164 e. The van der Waals surface area contributed by atoms with Gasteiger partial charge in [-0.3, -0.25) is 0 Å². The van der Waals surface area contributed by atoms with Crippen LogP contribution in [0.15, 0.2) is 18.2 Å². The van der Waals surface area contributed by atoms with Gasteiger partial charge >= 0.3 is 0 Å². The molecule has 1 saturated carbocycles. The molecule has 1 aliphatic rings. The van der Waals surface area contributed by atoms with Crippen LogP contribution in [-0.2, 0) is 0 Å². The van der Waals surface area contributed by atoms with Crippen LogP contribution in [0, 0.1) is 11.6 Å². The first-order valence-corrected chi connectivity index (χ1v) is 7.28. The summed E-state index contributed by atoms with van der Waals surface area (Å²) in [4.78, 5) is 1.98. The maximum absolute atomic E-state index is 14.0. The van der Waals surface area contributed by atoms with E-state index in [1.807, 2.05) is 19.0 Å². The molecule has 0 radical (unpaired) electrons. The van der Waals surface area contributed by atoms with Crippen LogP contribution < -0.4 is 0 Å². The molecule has 1 fully saturated rings. The number of likely N-dealkylation sites (N-methyl/N-ethyl adjacent to an activating group) is 1. The van der Waals surface area contributed by atoms with Gasteiger partial charge in [0.2, 0.25) is 0 Å². The van der Waals surface area contributed by atoms with E-state index in [-0.39, 0.29) is 5.56 Å². The molecule has 0 bridgehead atoms. The number of aliphatic hydroxyl groups excluding tert-OH is 1. The summed E-state index contributed by atoms with van der Waals surface area (Å²) in [6, 6.07) is 4.03. The smallest absolute Gasteiger partial charge is 0.164 e. The number of aliphatic hydroxyl groups is 1. The lowest BCUT2D eigenvalue weighted by Gasteiger charge is -2.43. The topological polar surface area (TPSA) is 23.5 Å². The lowest BCUT2D eigenvalue weighted by Crippen LogP contribution is -2.49. The van der Waals surface area contributed by atoms with Gasteiger partial charge in [0.25, 0.3) is 0 Å². The van der Waals surface area contributed by atoms with Crippen LogP contribution >= 0.6 is 0 Å². The highest BCUT2D eigenvalue weighted by atomic mass is 19.2. The van der Waals surface area contributed by atoms with Crippen LogP contribution in [0.5, 0.6) is 0 Å². The molecule has 4 heteroatoms. The van der Waals surface area contributed by atoms with Crippen molar-refractivity contribution in [3.05, 3.63) is 35.4 Å². The monoisotopic (exact) mass is 283 g/mol. The average Bonchev–Trinajstić information content (AvgIpc) is 2.68. The Balaban J connectivity index is 2.40. The summed E-state index contributed by atoms with van der Waals surface area (Å²) in [5.41, 5.74) is -0.439. The molecule has 0 spiro atoms. The predicted octanol–water partition coefficient (Wildman–Crippen LogP) is 3.65. The third kappa shape index (κ3) is 2.72. The number of nitrogens with zero attached hydrogens (tertiary/aromatic N) is 1. The number of halogens is 2. The summed E-state index contributed by atoms with van der Waals surface area (Å²) in [6.07, 6.45) is 4.88. The quantitative estimate of drug-likeness (QED) is 0.856. The Labute approximate surface area is 119 Å². The summed E-state index contributed by atoms with van der Waals surface area (Å²) in [6.45, 7) is 0. The fraction of sp³-hybridized carbons (Fsp3) is 0.625. The van der Waals surface area contributed by atoms with Crippen molar-refractivity contribution in [1.82, 2.24) is 4.90 Å². The van der Waals surface area contributed by atoms with Gasteiger partial charge < -0.3 is 10.0 Å². The number of benzene rings is 1. The fourth-order valence-electron chi connectivity index (χ4n) is 3.33. The summed E-state index contributed by atoms with van der Waals surface area (Å²) in [5.74, 6) is -1.82. The molecule has 112 valence electrons. The second kappa shape index (κ2) is 6.19. The Bertz CT molecular complexity index is 454. The molecule has 1 N–H and O–H groups in total. The van der Waals surface area contributed by atoms with Gasteiger partial charge in [0.15, 0.2) is 11.6 Å².